The number of ketones is 1. The van der Waals surface area contributed by atoms with Crippen molar-refractivity contribution in [3.8, 4) is 0 Å². The molecule has 0 aromatic heterocycles. The molecular weight excluding hydrogens is 324 g/mol. The second-order valence-electron chi connectivity index (χ2n) is 10.5. The number of hydrogen-bond donors (Lipinski definition) is 1. The molecule has 0 saturated heterocycles. The maximum Gasteiger partial charge on any atom is 0.133 e. The standard InChI is InChI=1S/C23H38O3/c1-15(24)18-7-8-19-17-6-5-16-13-21(2,25)11-12-23(16,14-26-4)20(17)9-10-22(18,19)3/h16-20,25H,5-14H2,1-4H3/t16-,17+,18?,19+,20+,21-,22-,23-/m1/s1/i14D2. The molecular formula is C23H38O3. The summed E-state index contributed by atoms with van der Waals surface area (Å²) in [7, 11) is 1.51. The van der Waals surface area contributed by atoms with Crippen LogP contribution in [0, 0.1) is 40.4 Å². The van der Waals surface area contributed by atoms with Crippen LogP contribution in [0.2, 0.25) is 0 Å². The molecule has 4 saturated carbocycles. The summed E-state index contributed by atoms with van der Waals surface area (Å²) in [5, 5.41) is 10.7. The lowest BCUT2D eigenvalue weighted by Crippen LogP contribution is -2.58. The van der Waals surface area contributed by atoms with E-state index in [0.29, 0.717) is 42.8 Å². The number of fused-ring (bicyclic) bond motifs is 5. The molecule has 0 amide bonds. The minimum Gasteiger partial charge on any atom is -0.390 e. The molecule has 3 heteroatoms. The Morgan fingerprint density at radius 3 is 2.58 bits per heavy atom. The van der Waals surface area contributed by atoms with E-state index in [4.69, 9.17) is 7.48 Å². The summed E-state index contributed by atoms with van der Waals surface area (Å²) in [6.45, 7) is 4.33. The lowest BCUT2D eigenvalue weighted by molar-refractivity contribution is -0.175. The second kappa shape index (κ2) is 6.30. The van der Waals surface area contributed by atoms with E-state index in [1.54, 1.807) is 6.92 Å². The Labute approximate surface area is 162 Å². The first-order valence-electron chi connectivity index (χ1n) is 11.8. The molecule has 4 aliphatic rings. The quantitative estimate of drug-likeness (QED) is 0.795. The Hall–Kier alpha value is -0.410. The van der Waals surface area contributed by atoms with Gasteiger partial charge >= 0.3 is 0 Å². The number of methoxy groups -OCH3 is 1. The molecule has 0 aliphatic heterocycles. The molecule has 0 aromatic rings. The Bertz CT molecular complexity index is 648. The van der Waals surface area contributed by atoms with Gasteiger partial charge in [-0.2, -0.15) is 0 Å². The lowest BCUT2D eigenvalue weighted by atomic mass is 9.43. The van der Waals surface area contributed by atoms with Crippen LogP contribution in [0.1, 0.15) is 81.3 Å². The highest BCUT2D eigenvalue weighted by Crippen LogP contribution is 2.68. The Kier molecular flexibility index (Phi) is 4.01. The summed E-state index contributed by atoms with van der Waals surface area (Å²) in [6, 6.07) is 0. The predicted octanol–water partition coefficient (Wildman–Crippen LogP) is 4.61. The van der Waals surface area contributed by atoms with Crippen molar-refractivity contribution in [1.29, 1.82) is 0 Å². The van der Waals surface area contributed by atoms with Crippen LogP contribution in [-0.2, 0) is 9.53 Å². The normalized spacial score (nSPS) is 55.2. The summed E-state index contributed by atoms with van der Waals surface area (Å²) in [5.74, 6) is 1.98. The largest absolute Gasteiger partial charge is 0.390 e. The van der Waals surface area contributed by atoms with Crippen LogP contribution < -0.4 is 0 Å². The Morgan fingerprint density at radius 1 is 1.12 bits per heavy atom. The van der Waals surface area contributed by atoms with Gasteiger partial charge in [0.1, 0.15) is 5.78 Å². The molecule has 4 aliphatic carbocycles. The third-order valence-electron chi connectivity index (χ3n) is 9.22. The molecule has 148 valence electrons. The van der Waals surface area contributed by atoms with Crippen LogP contribution in [0.15, 0.2) is 0 Å². The van der Waals surface area contributed by atoms with Crippen LogP contribution in [0.25, 0.3) is 0 Å². The van der Waals surface area contributed by atoms with Crippen molar-refractivity contribution in [3.63, 3.8) is 0 Å². The highest BCUT2D eigenvalue weighted by atomic mass is 16.5. The van der Waals surface area contributed by atoms with Gasteiger partial charge in [-0.3, -0.25) is 4.79 Å². The van der Waals surface area contributed by atoms with E-state index in [-0.39, 0.29) is 17.3 Å². The summed E-state index contributed by atoms with van der Waals surface area (Å²) in [4.78, 5) is 12.3. The van der Waals surface area contributed by atoms with E-state index in [1.807, 2.05) is 6.92 Å². The van der Waals surface area contributed by atoms with E-state index in [9.17, 15) is 9.90 Å². The van der Waals surface area contributed by atoms with Crippen LogP contribution in [-0.4, -0.2) is 30.2 Å². The third-order valence-corrected chi connectivity index (χ3v) is 9.22. The van der Waals surface area contributed by atoms with Crippen LogP contribution in [0.4, 0.5) is 0 Å². The SMILES string of the molecule is [2H]C([2H])(OC)[C@]12CC[C@@](C)(O)C[C@H]1CC[C@@H]1[C@@H]2CC[C@]2(C)C(C(C)=O)CC[C@@H]12. The Morgan fingerprint density at radius 2 is 1.88 bits per heavy atom. The minimum absolute atomic E-state index is 0.0843. The molecule has 0 bridgehead atoms. The molecule has 8 atom stereocenters. The first-order valence-corrected chi connectivity index (χ1v) is 10.8. The molecule has 3 nitrogen and oxygen atoms in total. The number of carbonyl (C=O) groups excluding carboxylic acids is 1. The number of aliphatic hydroxyl groups is 1. The zero-order valence-electron chi connectivity index (χ0n) is 19.0. The fourth-order valence-corrected chi connectivity index (χ4v) is 8.13. The van der Waals surface area contributed by atoms with E-state index in [2.05, 4.69) is 6.92 Å². The van der Waals surface area contributed by atoms with E-state index in [0.717, 1.165) is 38.5 Å². The van der Waals surface area contributed by atoms with Crippen molar-refractivity contribution in [2.45, 2.75) is 84.2 Å². The van der Waals surface area contributed by atoms with Gasteiger partial charge in [0.25, 0.3) is 0 Å². The first kappa shape index (κ1) is 16.5. The molecule has 4 rings (SSSR count). The molecule has 0 spiro atoms. The van der Waals surface area contributed by atoms with Gasteiger partial charge in [-0.05, 0) is 106 Å². The average Bonchev–Trinajstić information content (AvgIpc) is 2.97. The van der Waals surface area contributed by atoms with Crippen LogP contribution in [0.5, 0.6) is 0 Å². The molecule has 0 radical (unpaired) electrons. The number of ether oxygens (including phenoxy) is 1. The van der Waals surface area contributed by atoms with Gasteiger partial charge in [0.2, 0.25) is 0 Å². The molecule has 26 heavy (non-hydrogen) atoms. The minimum atomic E-state index is -1.68. The smallest absolute Gasteiger partial charge is 0.133 e. The van der Waals surface area contributed by atoms with E-state index in [1.165, 1.54) is 7.11 Å². The van der Waals surface area contributed by atoms with Crippen LogP contribution >= 0.6 is 0 Å². The number of rotatable bonds is 3. The van der Waals surface area contributed by atoms with Gasteiger partial charge in [-0.25, -0.2) is 0 Å². The van der Waals surface area contributed by atoms with Crippen molar-refractivity contribution < 1.29 is 17.4 Å². The summed E-state index contributed by atoms with van der Waals surface area (Å²) in [5.41, 5.74) is -1.12. The third kappa shape index (κ3) is 2.64. The maximum absolute atomic E-state index is 12.3. The maximum atomic E-state index is 12.3. The highest BCUT2D eigenvalue weighted by molar-refractivity contribution is 5.79. The molecule has 0 aromatic carbocycles. The number of Topliss-reactive ketones (excluding diaryl/α,β-unsaturated/α-hetero) is 1. The molecule has 4 fully saturated rings. The molecule has 1 unspecified atom stereocenters. The highest BCUT2D eigenvalue weighted by Gasteiger charge is 2.62. The van der Waals surface area contributed by atoms with Gasteiger partial charge in [0.05, 0.1) is 14.9 Å². The zero-order chi connectivity index (χ0) is 20.5. The van der Waals surface area contributed by atoms with Crippen molar-refractivity contribution in [2.75, 3.05) is 13.7 Å². The second-order valence-corrected chi connectivity index (χ2v) is 10.5. The van der Waals surface area contributed by atoms with Gasteiger partial charge in [-0.1, -0.05) is 6.92 Å². The van der Waals surface area contributed by atoms with Gasteiger partial charge in [-0.15, -0.1) is 0 Å². The van der Waals surface area contributed by atoms with Crippen LogP contribution in [0.3, 0.4) is 0 Å². The first-order chi connectivity index (χ1) is 13.0. The number of hydrogen-bond acceptors (Lipinski definition) is 3. The zero-order valence-corrected chi connectivity index (χ0v) is 17.0. The van der Waals surface area contributed by atoms with Gasteiger partial charge in [0.15, 0.2) is 0 Å². The van der Waals surface area contributed by atoms with Gasteiger partial charge < -0.3 is 9.84 Å². The fourth-order valence-electron chi connectivity index (χ4n) is 8.13. The lowest BCUT2D eigenvalue weighted by Gasteiger charge is -2.62. The molecule has 0 heterocycles. The van der Waals surface area contributed by atoms with E-state index >= 15 is 0 Å². The van der Waals surface area contributed by atoms with Crippen molar-refractivity contribution >= 4 is 5.78 Å². The summed E-state index contributed by atoms with van der Waals surface area (Å²) < 4.78 is 23.3. The monoisotopic (exact) mass is 364 g/mol. The van der Waals surface area contributed by atoms with Crippen molar-refractivity contribution in [3.05, 3.63) is 0 Å². The van der Waals surface area contributed by atoms with E-state index < -0.39 is 17.6 Å². The number of carbonyl (C=O) groups is 1. The predicted molar refractivity (Wildman–Crippen MR) is 103 cm³/mol. The summed E-state index contributed by atoms with van der Waals surface area (Å²) >= 11 is 0. The fraction of sp³-hybridized carbons (Fsp3) is 0.957. The topological polar surface area (TPSA) is 46.5 Å². The van der Waals surface area contributed by atoms with Crippen molar-refractivity contribution in [2.24, 2.45) is 40.4 Å². The van der Waals surface area contributed by atoms with Gasteiger partial charge in [0, 0.05) is 13.0 Å². The average molecular weight is 365 g/mol. The summed E-state index contributed by atoms with van der Waals surface area (Å²) in [6.07, 6.45) is 8.22. The van der Waals surface area contributed by atoms with Crippen molar-refractivity contribution in [1.82, 2.24) is 0 Å². The molecule has 1 N–H and O–H groups in total. The Balaban J connectivity index is 1.73.